The van der Waals surface area contributed by atoms with Gasteiger partial charge in [-0.05, 0) is 42.7 Å². The number of nitrogens with zero attached hydrogens (tertiary/aromatic N) is 2. The number of carboxylic acid groups (broad SMARTS) is 1. The lowest BCUT2D eigenvalue weighted by Crippen LogP contribution is -2.38. The molecule has 6 heteroatoms. The maximum absolute atomic E-state index is 11.1. The van der Waals surface area contributed by atoms with E-state index in [0.717, 1.165) is 40.8 Å². The number of amidine groups is 1. The molecule has 1 atom stereocenters. The number of para-hydroxylation sites is 1. The minimum absolute atomic E-state index is 0.106. The van der Waals surface area contributed by atoms with Crippen LogP contribution in [0.15, 0.2) is 59.6 Å². The lowest BCUT2D eigenvalue weighted by atomic mass is 10.1. The molecule has 0 amide bonds. The van der Waals surface area contributed by atoms with Gasteiger partial charge in [0.05, 0.1) is 12.5 Å². The van der Waals surface area contributed by atoms with Crippen LogP contribution in [0.25, 0.3) is 0 Å². The Bertz CT molecular complexity index is 848. The van der Waals surface area contributed by atoms with Crippen molar-refractivity contribution >= 4 is 22.9 Å². The normalized spacial score (nSPS) is 19.2. The Hall–Kier alpha value is -2.47. The lowest BCUT2D eigenvalue weighted by Gasteiger charge is -2.29. The molecule has 152 valence electrons. The van der Waals surface area contributed by atoms with Gasteiger partial charge in [0.25, 0.3) is 0 Å². The third kappa shape index (κ3) is 5.12. The molecule has 0 radical (unpaired) electrons. The number of aliphatic carboxylic acids is 1. The molecule has 1 aliphatic heterocycles. The zero-order chi connectivity index (χ0) is 20.1. The minimum atomic E-state index is -0.748. The Labute approximate surface area is 175 Å². The SMILES string of the molecule is O=C(O)CCN(C1=NC(c2ccc(Oc3ccccc3)cc2)CS1)C1CCCC1. The quantitative estimate of drug-likeness (QED) is 0.667. The van der Waals surface area contributed by atoms with E-state index in [2.05, 4.69) is 17.0 Å². The first-order valence-electron chi connectivity index (χ1n) is 10.2. The van der Waals surface area contributed by atoms with Crippen LogP contribution in [0.5, 0.6) is 11.5 Å². The van der Waals surface area contributed by atoms with Gasteiger partial charge < -0.3 is 14.7 Å². The van der Waals surface area contributed by atoms with Crippen LogP contribution >= 0.6 is 11.8 Å². The molecular weight excluding hydrogens is 384 g/mol. The topological polar surface area (TPSA) is 62.1 Å². The first kappa shape index (κ1) is 19.8. The smallest absolute Gasteiger partial charge is 0.305 e. The fraction of sp³-hybridized carbons (Fsp3) is 0.391. The van der Waals surface area contributed by atoms with Crippen LogP contribution in [0.4, 0.5) is 0 Å². The molecule has 4 rings (SSSR count). The van der Waals surface area contributed by atoms with Crippen molar-refractivity contribution in [2.75, 3.05) is 12.3 Å². The van der Waals surface area contributed by atoms with Crippen molar-refractivity contribution in [3.8, 4) is 11.5 Å². The zero-order valence-corrected chi connectivity index (χ0v) is 17.2. The van der Waals surface area contributed by atoms with Crippen molar-refractivity contribution < 1.29 is 14.6 Å². The molecule has 0 aromatic heterocycles. The van der Waals surface area contributed by atoms with Crippen LogP contribution in [0.2, 0.25) is 0 Å². The van der Waals surface area contributed by atoms with E-state index in [1.54, 1.807) is 11.8 Å². The van der Waals surface area contributed by atoms with E-state index in [1.807, 2.05) is 42.5 Å². The Morgan fingerprint density at radius 2 is 1.76 bits per heavy atom. The number of benzene rings is 2. The molecule has 2 aromatic rings. The van der Waals surface area contributed by atoms with E-state index in [0.29, 0.717) is 12.6 Å². The summed E-state index contributed by atoms with van der Waals surface area (Å²) in [7, 11) is 0. The summed E-state index contributed by atoms with van der Waals surface area (Å²) >= 11 is 1.75. The van der Waals surface area contributed by atoms with Gasteiger partial charge in [0, 0.05) is 18.3 Å². The van der Waals surface area contributed by atoms with E-state index >= 15 is 0 Å². The average Bonchev–Trinajstić information content (AvgIpc) is 3.42. The summed E-state index contributed by atoms with van der Waals surface area (Å²) in [6.45, 7) is 0.544. The van der Waals surface area contributed by atoms with E-state index in [9.17, 15) is 4.79 Å². The third-order valence-electron chi connectivity index (χ3n) is 5.46. The summed E-state index contributed by atoms with van der Waals surface area (Å²) in [6.07, 6.45) is 4.87. The summed E-state index contributed by atoms with van der Waals surface area (Å²) in [5, 5.41) is 10.1. The Morgan fingerprint density at radius 1 is 1.07 bits per heavy atom. The standard InChI is InChI=1S/C23H26N2O3S/c26-22(27)14-15-25(18-6-4-5-7-18)23-24-21(16-29-23)17-10-12-20(13-11-17)28-19-8-2-1-3-9-19/h1-3,8-13,18,21H,4-7,14-16H2,(H,26,27). The summed E-state index contributed by atoms with van der Waals surface area (Å²) in [6, 6.07) is 18.4. The number of rotatable bonds is 7. The van der Waals surface area contributed by atoms with Gasteiger partial charge in [-0.25, -0.2) is 0 Å². The Morgan fingerprint density at radius 3 is 2.45 bits per heavy atom. The maximum Gasteiger partial charge on any atom is 0.305 e. The Balaban J connectivity index is 1.44. The number of thioether (sulfide) groups is 1. The first-order chi connectivity index (χ1) is 14.2. The number of aliphatic imine (C=N–C) groups is 1. The van der Waals surface area contributed by atoms with Crippen molar-refractivity contribution in [1.82, 2.24) is 4.90 Å². The van der Waals surface area contributed by atoms with E-state index in [1.165, 1.54) is 12.8 Å². The molecule has 5 nitrogen and oxygen atoms in total. The molecule has 2 aromatic carbocycles. The second-order valence-corrected chi connectivity index (χ2v) is 8.49. The highest BCUT2D eigenvalue weighted by atomic mass is 32.2. The largest absolute Gasteiger partial charge is 0.481 e. The van der Waals surface area contributed by atoms with Crippen LogP contribution in [-0.2, 0) is 4.79 Å². The van der Waals surface area contributed by atoms with E-state index < -0.39 is 5.97 Å². The second kappa shape index (κ2) is 9.35. The van der Waals surface area contributed by atoms with E-state index in [4.69, 9.17) is 14.8 Å². The third-order valence-corrected chi connectivity index (χ3v) is 6.54. The van der Waals surface area contributed by atoms with Crippen molar-refractivity contribution in [2.24, 2.45) is 4.99 Å². The second-order valence-electron chi connectivity index (χ2n) is 7.50. The van der Waals surface area contributed by atoms with Gasteiger partial charge >= 0.3 is 5.97 Å². The van der Waals surface area contributed by atoms with Crippen molar-refractivity contribution in [3.63, 3.8) is 0 Å². The minimum Gasteiger partial charge on any atom is -0.481 e. The predicted octanol–water partition coefficient (Wildman–Crippen LogP) is 5.34. The molecule has 0 saturated heterocycles. The average molecular weight is 411 g/mol. The van der Waals surface area contributed by atoms with Gasteiger partial charge in [-0.2, -0.15) is 0 Å². The first-order valence-corrected chi connectivity index (χ1v) is 11.2. The number of carboxylic acids is 1. The summed E-state index contributed by atoms with van der Waals surface area (Å²) in [5.41, 5.74) is 1.16. The molecule has 2 aliphatic rings. The summed E-state index contributed by atoms with van der Waals surface area (Å²) in [4.78, 5) is 18.3. The fourth-order valence-electron chi connectivity index (χ4n) is 3.94. The number of hydrogen-bond donors (Lipinski definition) is 1. The van der Waals surface area contributed by atoms with Crippen LogP contribution in [0, 0.1) is 0 Å². The maximum atomic E-state index is 11.1. The number of hydrogen-bond acceptors (Lipinski definition) is 5. The van der Waals surface area contributed by atoms with Gasteiger partial charge in [0.1, 0.15) is 11.5 Å². The van der Waals surface area contributed by atoms with Gasteiger partial charge in [0.15, 0.2) is 5.17 Å². The monoisotopic (exact) mass is 410 g/mol. The molecule has 1 heterocycles. The molecule has 1 N–H and O–H groups in total. The molecule has 1 aliphatic carbocycles. The Kier molecular flexibility index (Phi) is 6.39. The van der Waals surface area contributed by atoms with Crippen LogP contribution in [0.3, 0.4) is 0 Å². The molecule has 0 bridgehead atoms. The number of ether oxygens (including phenoxy) is 1. The highest BCUT2D eigenvalue weighted by Crippen LogP contribution is 2.35. The highest BCUT2D eigenvalue weighted by Gasteiger charge is 2.30. The zero-order valence-electron chi connectivity index (χ0n) is 16.4. The molecule has 1 unspecified atom stereocenters. The van der Waals surface area contributed by atoms with Crippen LogP contribution in [-0.4, -0.2) is 39.5 Å². The summed E-state index contributed by atoms with van der Waals surface area (Å²) in [5.74, 6) is 1.78. The highest BCUT2D eigenvalue weighted by molar-refractivity contribution is 8.14. The molecular formula is C23H26N2O3S. The van der Waals surface area contributed by atoms with Crippen molar-refractivity contribution in [1.29, 1.82) is 0 Å². The molecule has 29 heavy (non-hydrogen) atoms. The fourth-order valence-corrected chi connectivity index (χ4v) is 5.12. The van der Waals surface area contributed by atoms with Crippen LogP contribution < -0.4 is 4.74 Å². The van der Waals surface area contributed by atoms with Crippen LogP contribution in [0.1, 0.15) is 43.7 Å². The van der Waals surface area contributed by atoms with Crippen molar-refractivity contribution in [3.05, 3.63) is 60.2 Å². The van der Waals surface area contributed by atoms with Gasteiger partial charge in [-0.3, -0.25) is 9.79 Å². The molecule has 1 saturated carbocycles. The number of carbonyl (C=O) groups is 1. The van der Waals surface area contributed by atoms with Gasteiger partial charge in [-0.1, -0.05) is 54.9 Å². The molecule has 0 spiro atoms. The predicted molar refractivity (Wildman–Crippen MR) is 117 cm³/mol. The summed E-state index contributed by atoms with van der Waals surface area (Å²) < 4.78 is 5.87. The van der Waals surface area contributed by atoms with E-state index in [-0.39, 0.29) is 12.5 Å². The van der Waals surface area contributed by atoms with Crippen molar-refractivity contribution in [2.45, 2.75) is 44.2 Å². The molecule has 1 fully saturated rings. The van der Waals surface area contributed by atoms with Gasteiger partial charge in [-0.15, -0.1) is 0 Å². The van der Waals surface area contributed by atoms with Gasteiger partial charge in [0.2, 0.25) is 0 Å². The lowest BCUT2D eigenvalue weighted by molar-refractivity contribution is -0.137.